The minimum absolute atomic E-state index is 0.0540. The van der Waals surface area contributed by atoms with Gasteiger partial charge in [0.05, 0.1) is 24.4 Å². The Morgan fingerprint density at radius 1 is 1.20 bits per heavy atom. The number of Topliss-reactive ketones (excluding diaryl/α,β-unsaturated/α-hetero) is 1. The molecule has 0 spiro atoms. The molecule has 0 saturated heterocycles. The Morgan fingerprint density at radius 3 is 2.77 bits per heavy atom. The molecule has 30 heavy (non-hydrogen) atoms. The lowest BCUT2D eigenvalue weighted by atomic mass is 10.1. The van der Waals surface area contributed by atoms with Crippen molar-refractivity contribution in [2.24, 2.45) is 0 Å². The lowest BCUT2D eigenvalue weighted by Gasteiger charge is -2.12. The Morgan fingerprint density at radius 2 is 2.03 bits per heavy atom. The summed E-state index contributed by atoms with van der Waals surface area (Å²) in [7, 11) is 0. The SMILES string of the molecule is CCCOc1ccc(-c2nc(CC(=O)Cc3ncccc3C)co2)cc1OC(F)F. The third-order valence-electron chi connectivity index (χ3n) is 4.28. The predicted octanol–water partition coefficient (Wildman–Crippen LogP) is 4.79. The van der Waals surface area contributed by atoms with Crippen molar-refractivity contribution >= 4 is 5.78 Å². The first-order chi connectivity index (χ1) is 14.5. The number of benzene rings is 1. The normalized spacial score (nSPS) is 11.0. The van der Waals surface area contributed by atoms with Gasteiger partial charge >= 0.3 is 6.61 Å². The molecule has 0 saturated carbocycles. The van der Waals surface area contributed by atoms with Gasteiger partial charge in [-0.25, -0.2) is 4.98 Å². The number of aromatic nitrogens is 2. The molecule has 2 aromatic heterocycles. The van der Waals surface area contributed by atoms with Gasteiger partial charge in [0, 0.05) is 18.2 Å². The van der Waals surface area contributed by atoms with Gasteiger partial charge in [-0.15, -0.1) is 0 Å². The first kappa shape index (κ1) is 21.4. The zero-order valence-electron chi connectivity index (χ0n) is 16.7. The second-order valence-corrected chi connectivity index (χ2v) is 6.69. The molecule has 0 N–H and O–H groups in total. The summed E-state index contributed by atoms with van der Waals surface area (Å²) in [5, 5.41) is 0. The van der Waals surface area contributed by atoms with Gasteiger partial charge < -0.3 is 13.9 Å². The van der Waals surface area contributed by atoms with Crippen molar-refractivity contribution in [3.63, 3.8) is 0 Å². The number of rotatable bonds is 10. The van der Waals surface area contributed by atoms with Gasteiger partial charge in [0.25, 0.3) is 0 Å². The number of ether oxygens (including phenoxy) is 2. The molecule has 0 radical (unpaired) electrons. The highest BCUT2D eigenvalue weighted by molar-refractivity contribution is 5.82. The molecular weight excluding hydrogens is 394 g/mol. The van der Waals surface area contributed by atoms with Crippen LogP contribution in [0.4, 0.5) is 8.78 Å². The van der Waals surface area contributed by atoms with E-state index in [0.717, 1.165) is 17.7 Å². The number of oxazole rings is 1. The molecule has 158 valence electrons. The minimum Gasteiger partial charge on any atom is -0.490 e. The summed E-state index contributed by atoms with van der Waals surface area (Å²) in [6.45, 7) is 1.20. The molecule has 0 fully saturated rings. The standard InChI is InChI=1S/C22H22F2N2O4/c1-3-9-28-19-7-6-15(10-20(19)30-22(23)24)21-26-16(13-29-21)11-17(27)12-18-14(2)5-4-8-25-18/h4-8,10,13,22H,3,9,11-12H2,1-2H3. The topological polar surface area (TPSA) is 74.5 Å². The molecule has 0 amide bonds. The molecular formula is C22H22F2N2O4. The molecule has 2 heterocycles. The van der Waals surface area contributed by atoms with Crippen LogP contribution in [0.5, 0.6) is 11.5 Å². The zero-order chi connectivity index (χ0) is 21.5. The van der Waals surface area contributed by atoms with Gasteiger partial charge in [0.2, 0.25) is 5.89 Å². The first-order valence-corrected chi connectivity index (χ1v) is 9.55. The van der Waals surface area contributed by atoms with Crippen molar-refractivity contribution in [1.29, 1.82) is 0 Å². The third-order valence-corrected chi connectivity index (χ3v) is 4.28. The average Bonchev–Trinajstić information content (AvgIpc) is 3.16. The molecule has 6 nitrogen and oxygen atoms in total. The van der Waals surface area contributed by atoms with Gasteiger partial charge in [-0.3, -0.25) is 9.78 Å². The quantitative estimate of drug-likeness (QED) is 0.473. The lowest BCUT2D eigenvalue weighted by Crippen LogP contribution is -2.09. The Balaban J connectivity index is 1.73. The average molecular weight is 416 g/mol. The Kier molecular flexibility index (Phi) is 7.11. The second kappa shape index (κ2) is 9.96. The molecule has 0 aliphatic rings. The van der Waals surface area contributed by atoms with Crippen molar-refractivity contribution in [3.05, 3.63) is 59.7 Å². The van der Waals surface area contributed by atoms with Crippen molar-refractivity contribution < 1.29 is 27.5 Å². The summed E-state index contributed by atoms with van der Waals surface area (Å²) < 4.78 is 41.0. The summed E-state index contributed by atoms with van der Waals surface area (Å²) in [5.74, 6) is 0.264. The largest absolute Gasteiger partial charge is 0.490 e. The number of pyridine rings is 1. The van der Waals surface area contributed by atoms with E-state index in [4.69, 9.17) is 9.15 Å². The highest BCUT2D eigenvalue weighted by Crippen LogP contribution is 2.33. The van der Waals surface area contributed by atoms with Crippen LogP contribution in [0, 0.1) is 6.92 Å². The van der Waals surface area contributed by atoms with Gasteiger partial charge in [-0.1, -0.05) is 13.0 Å². The van der Waals surface area contributed by atoms with E-state index in [1.54, 1.807) is 12.3 Å². The van der Waals surface area contributed by atoms with Gasteiger partial charge in [0.15, 0.2) is 11.5 Å². The fourth-order valence-electron chi connectivity index (χ4n) is 2.84. The Labute approximate surface area is 172 Å². The van der Waals surface area contributed by atoms with Crippen LogP contribution in [0.2, 0.25) is 0 Å². The summed E-state index contributed by atoms with van der Waals surface area (Å²) >= 11 is 0. The Hall–Kier alpha value is -3.29. The van der Waals surface area contributed by atoms with E-state index in [9.17, 15) is 13.6 Å². The molecule has 0 aliphatic heterocycles. The van der Waals surface area contributed by atoms with Crippen LogP contribution in [0.15, 0.2) is 47.2 Å². The van der Waals surface area contributed by atoms with E-state index in [0.29, 0.717) is 17.9 Å². The molecule has 8 heteroatoms. The number of carbonyl (C=O) groups excluding carboxylic acids is 1. The Bertz CT molecular complexity index is 1000. The van der Waals surface area contributed by atoms with Gasteiger partial charge in [0.1, 0.15) is 12.0 Å². The number of nitrogens with zero attached hydrogens (tertiary/aromatic N) is 2. The summed E-state index contributed by atoms with van der Waals surface area (Å²) in [4.78, 5) is 20.9. The number of halogens is 2. The molecule has 1 aromatic carbocycles. The maximum absolute atomic E-state index is 12.8. The van der Waals surface area contributed by atoms with E-state index in [-0.39, 0.29) is 36.0 Å². The van der Waals surface area contributed by atoms with Crippen molar-refractivity contribution in [2.45, 2.75) is 39.7 Å². The highest BCUT2D eigenvalue weighted by atomic mass is 19.3. The fourth-order valence-corrected chi connectivity index (χ4v) is 2.84. The number of aryl methyl sites for hydroxylation is 1. The van der Waals surface area contributed by atoms with E-state index in [1.807, 2.05) is 26.0 Å². The molecule has 0 aliphatic carbocycles. The summed E-state index contributed by atoms with van der Waals surface area (Å²) in [5.41, 5.74) is 2.56. The van der Waals surface area contributed by atoms with Crippen LogP contribution in [-0.2, 0) is 17.6 Å². The maximum Gasteiger partial charge on any atom is 0.387 e. The smallest absolute Gasteiger partial charge is 0.387 e. The van der Waals surface area contributed by atoms with Crippen LogP contribution in [0.25, 0.3) is 11.5 Å². The third kappa shape index (κ3) is 5.62. The van der Waals surface area contributed by atoms with Gasteiger partial charge in [-0.2, -0.15) is 8.78 Å². The van der Waals surface area contributed by atoms with E-state index < -0.39 is 6.61 Å². The number of carbonyl (C=O) groups is 1. The highest BCUT2D eigenvalue weighted by Gasteiger charge is 2.16. The van der Waals surface area contributed by atoms with E-state index in [2.05, 4.69) is 14.7 Å². The monoisotopic (exact) mass is 416 g/mol. The summed E-state index contributed by atoms with van der Waals surface area (Å²) in [6.07, 6.45) is 4.04. The molecule has 3 rings (SSSR count). The second-order valence-electron chi connectivity index (χ2n) is 6.69. The van der Waals surface area contributed by atoms with Crippen LogP contribution < -0.4 is 9.47 Å². The van der Waals surface area contributed by atoms with E-state index in [1.165, 1.54) is 18.4 Å². The van der Waals surface area contributed by atoms with Crippen molar-refractivity contribution in [3.8, 4) is 23.0 Å². The van der Waals surface area contributed by atoms with Crippen molar-refractivity contribution in [2.75, 3.05) is 6.61 Å². The van der Waals surface area contributed by atoms with E-state index >= 15 is 0 Å². The van der Waals surface area contributed by atoms with Gasteiger partial charge in [-0.05, 0) is 43.2 Å². The zero-order valence-corrected chi connectivity index (χ0v) is 16.7. The van der Waals surface area contributed by atoms with Crippen LogP contribution in [0.1, 0.15) is 30.3 Å². The molecule has 0 atom stereocenters. The number of hydrogen-bond acceptors (Lipinski definition) is 6. The van der Waals surface area contributed by atoms with Crippen molar-refractivity contribution in [1.82, 2.24) is 9.97 Å². The maximum atomic E-state index is 12.8. The fraction of sp³-hybridized carbons (Fsp3) is 0.318. The van der Waals surface area contributed by atoms with Crippen LogP contribution >= 0.6 is 0 Å². The first-order valence-electron chi connectivity index (χ1n) is 9.55. The number of ketones is 1. The number of alkyl halides is 2. The molecule has 0 bridgehead atoms. The minimum atomic E-state index is -2.99. The lowest BCUT2D eigenvalue weighted by molar-refractivity contribution is -0.117. The van der Waals surface area contributed by atoms with Crippen LogP contribution in [0.3, 0.4) is 0 Å². The number of hydrogen-bond donors (Lipinski definition) is 0. The molecule has 3 aromatic rings. The predicted molar refractivity (Wildman–Crippen MR) is 106 cm³/mol. The summed E-state index contributed by atoms with van der Waals surface area (Å²) in [6, 6.07) is 8.26. The van der Waals surface area contributed by atoms with Crippen LogP contribution in [-0.4, -0.2) is 29.0 Å². The molecule has 0 unspecified atom stereocenters.